The van der Waals surface area contributed by atoms with E-state index in [1.165, 1.54) is 18.4 Å². The molecule has 0 fully saturated rings. The molecule has 1 aromatic carbocycles. The van der Waals surface area contributed by atoms with E-state index in [4.69, 9.17) is 0 Å². The van der Waals surface area contributed by atoms with Crippen molar-refractivity contribution in [3.63, 3.8) is 0 Å². The average molecular weight is 315 g/mol. The van der Waals surface area contributed by atoms with Crippen molar-refractivity contribution in [3.05, 3.63) is 35.6 Å². The lowest BCUT2D eigenvalue weighted by atomic mass is 9.76. The quantitative estimate of drug-likeness (QED) is 0.802. The van der Waals surface area contributed by atoms with Crippen LogP contribution in [0.1, 0.15) is 39.2 Å². The first-order chi connectivity index (χ1) is 9.66. The predicted molar refractivity (Wildman–Crippen MR) is 85.8 cm³/mol. The molecule has 0 spiro atoms. The van der Waals surface area contributed by atoms with Crippen LogP contribution in [0.3, 0.4) is 0 Å². The van der Waals surface area contributed by atoms with Crippen LogP contribution in [0.5, 0.6) is 0 Å². The van der Waals surface area contributed by atoms with Gasteiger partial charge in [0.2, 0.25) is 0 Å². The zero-order valence-corrected chi connectivity index (χ0v) is 14.1. The summed E-state index contributed by atoms with van der Waals surface area (Å²) in [6, 6.07) is 6.47. The Morgan fingerprint density at radius 1 is 1.24 bits per heavy atom. The molecular weight excluding hydrogens is 289 g/mol. The smallest absolute Gasteiger partial charge is 0.147 e. The minimum Gasteiger partial charge on any atom is -0.313 e. The van der Waals surface area contributed by atoms with Gasteiger partial charge < -0.3 is 5.32 Å². The lowest BCUT2D eigenvalue weighted by Gasteiger charge is -2.36. The summed E-state index contributed by atoms with van der Waals surface area (Å²) in [5.41, 5.74) is 0.735. The van der Waals surface area contributed by atoms with Crippen molar-refractivity contribution in [2.75, 3.05) is 18.6 Å². The number of rotatable bonds is 8. The van der Waals surface area contributed by atoms with E-state index in [-0.39, 0.29) is 23.0 Å². The maximum absolute atomic E-state index is 13.1. The number of sulfone groups is 1. The van der Waals surface area contributed by atoms with E-state index in [2.05, 4.69) is 26.1 Å². The van der Waals surface area contributed by atoms with Gasteiger partial charge in [0.1, 0.15) is 15.7 Å². The fourth-order valence-electron chi connectivity index (χ4n) is 2.45. The Hall–Kier alpha value is -0.940. The van der Waals surface area contributed by atoms with Gasteiger partial charge in [-0.25, -0.2) is 12.8 Å². The van der Waals surface area contributed by atoms with Crippen LogP contribution >= 0.6 is 0 Å². The highest BCUT2D eigenvalue weighted by atomic mass is 32.2. The standard InChI is InChI=1S/C16H26FNO2S/c1-5-11-18-15(10-12-21(4,19)20)16(2,3)13-6-8-14(17)9-7-13/h6-9,15,18H,5,10-12H2,1-4H3. The summed E-state index contributed by atoms with van der Waals surface area (Å²) in [7, 11) is -2.99. The van der Waals surface area contributed by atoms with E-state index in [0.29, 0.717) is 6.42 Å². The van der Waals surface area contributed by atoms with Crippen molar-refractivity contribution in [2.45, 2.75) is 45.1 Å². The van der Waals surface area contributed by atoms with Gasteiger partial charge >= 0.3 is 0 Å². The van der Waals surface area contributed by atoms with Crippen LogP contribution in [0.2, 0.25) is 0 Å². The molecule has 1 N–H and O–H groups in total. The van der Waals surface area contributed by atoms with Crippen LogP contribution in [0.25, 0.3) is 0 Å². The molecule has 0 aromatic heterocycles. The van der Waals surface area contributed by atoms with Gasteiger partial charge in [0.15, 0.2) is 0 Å². The van der Waals surface area contributed by atoms with E-state index >= 15 is 0 Å². The second kappa shape index (κ2) is 7.36. The minimum absolute atomic E-state index is 0.0256. The lowest BCUT2D eigenvalue weighted by molar-refractivity contribution is 0.331. The summed E-state index contributed by atoms with van der Waals surface area (Å²) in [6.45, 7) is 7.04. The molecule has 0 saturated heterocycles. The van der Waals surface area contributed by atoms with E-state index in [1.54, 1.807) is 12.1 Å². The van der Waals surface area contributed by atoms with Crippen LogP contribution in [-0.2, 0) is 15.3 Å². The van der Waals surface area contributed by atoms with Gasteiger partial charge in [-0.05, 0) is 37.1 Å². The Kier molecular flexibility index (Phi) is 6.35. The summed E-state index contributed by atoms with van der Waals surface area (Å²) in [6.07, 6.45) is 2.78. The molecule has 0 aliphatic carbocycles. The summed E-state index contributed by atoms with van der Waals surface area (Å²) < 4.78 is 36.0. The number of hydrogen-bond acceptors (Lipinski definition) is 3. The fourth-order valence-corrected chi connectivity index (χ4v) is 3.11. The number of halogens is 1. The van der Waals surface area contributed by atoms with E-state index < -0.39 is 9.84 Å². The molecule has 1 unspecified atom stereocenters. The Labute approximate surface area is 127 Å². The SMILES string of the molecule is CCCNC(CCS(C)(=O)=O)C(C)(C)c1ccc(F)cc1. The minimum atomic E-state index is -2.99. The molecule has 1 rings (SSSR count). The Balaban J connectivity index is 2.95. The molecule has 0 aliphatic rings. The molecule has 120 valence electrons. The molecule has 0 heterocycles. The summed E-state index contributed by atoms with van der Waals surface area (Å²) in [4.78, 5) is 0. The third-order valence-electron chi connectivity index (χ3n) is 3.88. The zero-order chi connectivity index (χ0) is 16.1. The first-order valence-electron chi connectivity index (χ1n) is 7.34. The van der Waals surface area contributed by atoms with Crippen LogP contribution in [0.15, 0.2) is 24.3 Å². The maximum Gasteiger partial charge on any atom is 0.147 e. The van der Waals surface area contributed by atoms with Crippen molar-refractivity contribution in [3.8, 4) is 0 Å². The first kappa shape index (κ1) is 18.1. The largest absolute Gasteiger partial charge is 0.313 e. The number of hydrogen-bond donors (Lipinski definition) is 1. The fraction of sp³-hybridized carbons (Fsp3) is 0.625. The highest BCUT2D eigenvalue weighted by molar-refractivity contribution is 7.90. The van der Waals surface area contributed by atoms with Gasteiger partial charge in [-0.3, -0.25) is 0 Å². The third kappa shape index (κ3) is 5.75. The summed E-state index contributed by atoms with van der Waals surface area (Å²) in [5.74, 6) is -0.109. The van der Waals surface area contributed by atoms with E-state index in [0.717, 1.165) is 18.5 Å². The molecule has 0 radical (unpaired) electrons. The highest BCUT2D eigenvalue weighted by Crippen LogP contribution is 2.29. The molecule has 0 bridgehead atoms. The number of benzene rings is 1. The molecule has 21 heavy (non-hydrogen) atoms. The van der Waals surface area contributed by atoms with Crippen molar-refractivity contribution in [1.29, 1.82) is 0 Å². The second-order valence-electron chi connectivity index (χ2n) is 6.15. The van der Waals surface area contributed by atoms with Gasteiger partial charge in [0, 0.05) is 17.7 Å². The Morgan fingerprint density at radius 2 is 1.81 bits per heavy atom. The molecule has 5 heteroatoms. The monoisotopic (exact) mass is 315 g/mol. The second-order valence-corrected chi connectivity index (χ2v) is 8.41. The average Bonchev–Trinajstić information content (AvgIpc) is 2.37. The van der Waals surface area contributed by atoms with Crippen molar-refractivity contribution >= 4 is 9.84 Å². The zero-order valence-electron chi connectivity index (χ0n) is 13.3. The van der Waals surface area contributed by atoms with E-state index in [9.17, 15) is 12.8 Å². The van der Waals surface area contributed by atoms with Gasteiger partial charge in [0.05, 0.1) is 5.75 Å². The van der Waals surface area contributed by atoms with Crippen LogP contribution in [0, 0.1) is 5.82 Å². The molecular formula is C16H26FNO2S. The van der Waals surface area contributed by atoms with Crippen LogP contribution < -0.4 is 5.32 Å². The molecule has 1 aromatic rings. The highest BCUT2D eigenvalue weighted by Gasteiger charge is 2.31. The van der Waals surface area contributed by atoms with Crippen LogP contribution in [0.4, 0.5) is 4.39 Å². The van der Waals surface area contributed by atoms with E-state index in [1.807, 2.05) is 0 Å². The molecule has 0 aliphatic heterocycles. The van der Waals surface area contributed by atoms with Crippen molar-refractivity contribution in [2.24, 2.45) is 0 Å². The maximum atomic E-state index is 13.1. The molecule has 0 amide bonds. The lowest BCUT2D eigenvalue weighted by Crippen LogP contribution is -2.46. The number of nitrogens with one attached hydrogen (secondary N) is 1. The van der Waals surface area contributed by atoms with Gasteiger partial charge in [-0.1, -0.05) is 32.9 Å². The van der Waals surface area contributed by atoms with Gasteiger partial charge in [0.25, 0.3) is 0 Å². The molecule has 3 nitrogen and oxygen atoms in total. The van der Waals surface area contributed by atoms with Crippen molar-refractivity contribution < 1.29 is 12.8 Å². The third-order valence-corrected chi connectivity index (χ3v) is 4.85. The Bertz CT molecular complexity index is 538. The summed E-state index contributed by atoms with van der Waals surface area (Å²) in [5, 5.41) is 3.44. The van der Waals surface area contributed by atoms with Gasteiger partial charge in [-0.15, -0.1) is 0 Å². The normalized spacial score (nSPS) is 14.1. The van der Waals surface area contributed by atoms with Crippen LogP contribution in [-0.4, -0.2) is 33.0 Å². The van der Waals surface area contributed by atoms with Crippen molar-refractivity contribution in [1.82, 2.24) is 5.32 Å². The molecule has 1 atom stereocenters. The predicted octanol–water partition coefficient (Wildman–Crippen LogP) is 2.91. The van der Waals surface area contributed by atoms with Gasteiger partial charge in [-0.2, -0.15) is 0 Å². The topological polar surface area (TPSA) is 46.2 Å². The summed E-state index contributed by atoms with van der Waals surface area (Å²) >= 11 is 0. The molecule has 0 saturated carbocycles. The Morgan fingerprint density at radius 3 is 2.29 bits per heavy atom. The first-order valence-corrected chi connectivity index (χ1v) is 9.40.